The maximum Gasteiger partial charge on any atom is 0.332 e. The first kappa shape index (κ1) is 30.9. The van der Waals surface area contributed by atoms with E-state index in [4.69, 9.17) is 9.47 Å². The molecule has 1 spiro atoms. The van der Waals surface area contributed by atoms with E-state index in [2.05, 4.69) is 9.97 Å². The van der Waals surface area contributed by atoms with E-state index >= 15 is 0 Å². The van der Waals surface area contributed by atoms with Crippen LogP contribution in [-0.4, -0.2) is 62.2 Å². The summed E-state index contributed by atoms with van der Waals surface area (Å²) in [5.41, 5.74) is 0.521. The summed E-state index contributed by atoms with van der Waals surface area (Å²) in [6.45, 7) is 2.12. The molecule has 0 bridgehead atoms. The first-order valence-corrected chi connectivity index (χ1v) is 15.5. The fraction of sp³-hybridized carbons (Fsp3) is 0.633. The minimum absolute atomic E-state index is 0.207. The zero-order chi connectivity index (χ0) is 32.0. The first-order chi connectivity index (χ1) is 21.5. The minimum Gasteiger partial charge on any atom is -0.348 e. The number of aryl methyl sites for hydroxylation is 4. The number of hydrogen-bond donors (Lipinski definition) is 0. The van der Waals surface area contributed by atoms with Crippen molar-refractivity contribution in [2.45, 2.75) is 70.2 Å². The molecule has 15 heteroatoms. The molecule has 0 atom stereocenters. The number of carbonyl (C=O) groups is 1. The first-order valence-electron chi connectivity index (χ1n) is 15.5. The zero-order valence-electron chi connectivity index (χ0n) is 26.2. The number of ether oxygens (including phenoxy) is 2. The number of carbonyl (C=O) groups excluding carboxylic acids is 1. The smallest absolute Gasteiger partial charge is 0.332 e. The van der Waals surface area contributed by atoms with Gasteiger partial charge in [-0.25, -0.2) is 19.6 Å². The van der Waals surface area contributed by atoms with Crippen LogP contribution in [0, 0.1) is 11.8 Å². The quantitative estimate of drug-likeness (QED) is 0.316. The Morgan fingerprint density at radius 3 is 1.56 bits per heavy atom. The van der Waals surface area contributed by atoms with Gasteiger partial charge in [0.25, 0.3) is 11.1 Å². The summed E-state index contributed by atoms with van der Waals surface area (Å²) in [6.07, 6.45) is 9.11. The van der Waals surface area contributed by atoms with Crippen LogP contribution >= 0.6 is 0 Å². The third kappa shape index (κ3) is 5.63. The molecule has 3 fully saturated rings. The molecule has 4 aromatic heterocycles. The van der Waals surface area contributed by atoms with Gasteiger partial charge in [-0.3, -0.25) is 32.7 Å². The van der Waals surface area contributed by atoms with E-state index in [0.717, 1.165) is 38.5 Å². The highest BCUT2D eigenvalue weighted by Gasteiger charge is 2.40. The van der Waals surface area contributed by atoms with Gasteiger partial charge in [-0.1, -0.05) is 0 Å². The van der Waals surface area contributed by atoms with Gasteiger partial charge in [-0.2, -0.15) is 0 Å². The Kier molecular flexibility index (Phi) is 8.24. The summed E-state index contributed by atoms with van der Waals surface area (Å²) in [5.74, 6) is 0.338. The number of hydrogen-bond acceptors (Lipinski definition) is 9. The van der Waals surface area contributed by atoms with Gasteiger partial charge in [-0.05, 0) is 37.5 Å². The second kappa shape index (κ2) is 12.0. The molecule has 0 radical (unpaired) electrons. The second-order valence-corrected chi connectivity index (χ2v) is 12.6. The van der Waals surface area contributed by atoms with Crippen LogP contribution in [0.2, 0.25) is 0 Å². The largest absolute Gasteiger partial charge is 0.348 e. The molecule has 1 aliphatic heterocycles. The van der Waals surface area contributed by atoms with Gasteiger partial charge in [0.15, 0.2) is 28.1 Å². The number of aromatic nitrogens is 8. The summed E-state index contributed by atoms with van der Waals surface area (Å²) in [6, 6.07) is 0. The zero-order valence-corrected chi connectivity index (χ0v) is 26.2. The molecular formula is C30H40N8O7. The van der Waals surface area contributed by atoms with Crippen LogP contribution in [-0.2, 0) is 55.5 Å². The van der Waals surface area contributed by atoms with E-state index < -0.39 is 5.79 Å². The molecule has 15 nitrogen and oxygen atoms in total. The average Bonchev–Trinajstić information content (AvgIpc) is 3.76. The van der Waals surface area contributed by atoms with Gasteiger partial charge in [0, 0.05) is 67.0 Å². The van der Waals surface area contributed by atoms with Crippen molar-refractivity contribution < 1.29 is 14.3 Å². The minimum atomic E-state index is -0.418. The van der Waals surface area contributed by atoms with Crippen molar-refractivity contribution in [1.82, 2.24) is 37.4 Å². The van der Waals surface area contributed by atoms with Gasteiger partial charge < -0.3 is 18.6 Å². The molecule has 0 unspecified atom stereocenters. The highest BCUT2D eigenvalue weighted by Crippen LogP contribution is 2.38. The van der Waals surface area contributed by atoms with Gasteiger partial charge in [0.1, 0.15) is 5.78 Å². The summed E-state index contributed by atoms with van der Waals surface area (Å²) in [7, 11) is 6.79. The Morgan fingerprint density at radius 1 is 0.689 bits per heavy atom. The fourth-order valence-electron chi connectivity index (χ4n) is 6.90. The number of fused-ring (bicyclic) bond motifs is 2. The molecule has 4 aromatic rings. The second-order valence-electron chi connectivity index (χ2n) is 12.6. The molecule has 242 valence electrons. The molecule has 2 aliphatic carbocycles. The third-order valence-electron chi connectivity index (χ3n) is 9.63. The maximum atomic E-state index is 12.7. The molecule has 0 amide bonds. The molecule has 0 aromatic carbocycles. The van der Waals surface area contributed by atoms with Crippen molar-refractivity contribution in [3.63, 3.8) is 0 Å². The van der Waals surface area contributed by atoms with Crippen LogP contribution in [0.4, 0.5) is 0 Å². The lowest BCUT2D eigenvalue weighted by atomic mass is 9.85. The van der Waals surface area contributed by atoms with E-state index in [-0.39, 0.29) is 40.1 Å². The normalized spacial score (nSPS) is 19.1. The molecule has 2 saturated carbocycles. The summed E-state index contributed by atoms with van der Waals surface area (Å²) < 4.78 is 20.3. The van der Waals surface area contributed by atoms with Crippen molar-refractivity contribution in [1.29, 1.82) is 0 Å². The number of imidazole rings is 2. The van der Waals surface area contributed by atoms with Crippen molar-refractivity contribution >= 4 is 28.1 Å². The third-order valence-corrected chi connectivity index (χ3v) is 9.63. The number of ketones is 1. The standard InChI is InChI=1S/C16H22N4O4.C14H18N4O3/c1-18-10-17-13-12(18)14(21)20(15(22)19(13)2)9-11-3-5-16(6-4-11)23-7-8-24-16;1-16-8-15-12-11(16)13(20)18(14(21)17(12)2)7-9-3-5-10(19)6-4-9/h10-11H,3-9H2,1-2H3;8-9H,3-7H2,1-2H3. The van der Waals surface area contributed by atoms with Gasteiger partial charge in [0.05, 0.1) is 25.9 Å². The van der Waals surface area contributed by atoms with Crippen LogP contribution < -0.4 is 22.5 Å². The lowest BCUT2D eigenvalue weighted by molar-refractivity contribution is -0.183. The summed E-state index contributed by atoms with van der Waals surface area (Å²) in [5, 5.41) is 0. The summed E-state index contributed by atoms with van der Waals surface area (Å²) in [4.78, 5) is 69.8. The van der Waals surface area contributed by atoms with Crippen molar-refractivity contribution in [3.05, 3.63) is 54.3 Å². The Labute approximate surface area is 257 Å². The van der Waals surface area contributed by atoms with Gasteiger partial charge in [-0.15, -0.1) is 0 Å². The van der Waals surface area contributed by atoms with E-state index in [9.17, 15) is 24.0 Å². The lowest BCUT2D eigenvalue weighted by Crippen LogP contribution is -2.43. The molecule has 45 heavy (non-hydrogen) atoms. The van der Waals surface area contributed by atoms with Gasteiger partial charge >= 0.3 is 11.4 Å². The van der Waals surface area contributed by atoms with E-state index in [1.807, 2.05) is 0 Å². The number of nitrogens with zero attached hydrogens (tertiary/aromatic N) is 8. The predicted octanol–water partition coefficient (Wildman–Crippen LogP) is 0.560. The Balaban J connectivity index is 0.000000160. The van der Waals surface area contributed by atoms with Crippen LogP contribution in [0.3, 0.4) is 0 Å². The monoisotopic (exact) mass is 624 g/mol. The van der Waals surface area contributed by atoms with Crippen molar-refractivity contribution in [3.8, 4) is 0 Å². The molecule has 0 N–H and O–H groups in total. The van der Waals surface area contributed by atoms with E-state index in [0.29, 0.717) is 61.5 Å². The number of Topliss-reactive ketones (excluding diaryl/α,β-unsaturated/α-hetero) is 1. The number of rotatable bonds is 4. The fourth-order valence-corrected chi connectivity index (χ4v) is 6.90. The maximum absolute atomic E-state index is 12.7. The van der Waals surface area contributed by atoms with Crippen LogP contribution in [0.25, 0.3) is 22.3 Å². The Bertz CT molecular complexity index is 1980. The SMILES string of the molecule is Cn1cnc2c1c(=O)n(CC1CCC(=O)CC1)c(=O)n2C.Cn1cnc2c1c(=O)n(CC1CCC3(CC1)OCCO3)c(=O)n2C. The topological polar surface area (TPSA) is 159 Å². The highest BCUT2D eigenvalue weighted by atomic mass is 16.7. The predicted molar refractivity (Wildman–Crippen MR) is 164 cm³/mol. The van der Waals surface area contributed by atoms with E-state index in [1.165, 1.54) is 24.6 Å². The Hall–Kier alpha value is -4.11. The molecule has 5 heterocycles. The van der Waals surface area contributed by atoms with E-state index in [1.54, 1.807) is 43.7 Å². The van der Waals surface area contributed by atoms with Crippen LogP contribution in [0.1, 0.15) is 51.4 Å². The summed E-state index contributed by atoms with van der Waals surface area (Å²) >= 11 is 0. The Morgan fingerprint density at radius 2 is 1.11 bits per heavy atom. The van der Waals surface area contributed by atoms with Crippen molar-refractivity contribution in [2.24, 2.45) is 40.0 Å². The molecule has 1 saturated heterocycles. The van der Waals surface area contributed by atoms with Crippen LogP contribution in [0.15, 0.2) is 31.8 Å². The van der Waals surface area contributed by atoms with Gasteiger partial charge in [0.2, 0.25) is 0 Å². The van der Waals surface area contributed by atoms with Crippen LogP contribution in [0.5, 0.6) is 0 Å². The van der Waals surface area contributed by atoms with Crippen molar-refractivity contribution in [2.75, 3.05) is 13.2 Å². The highest BCUT2D eigenvalue weighted by molar-refractivity contribution is 5.79. The molecule has 7 rings (SSSR count). The lowest BCUT2D eigenvalue weighted by Gasteiger charge is -2.35. The molecule has 3 aliphatic rings. The average molecular weight is 625 g/mol. The molecular weight excluding hydrogens is 584 g/mol.